The normalized spacial score (nSPS) is 23.8. The number of likely N-dealkylation sites (tertiary alicyclic amines) is 1. The third-order valence-corrected chi connectivity index (χ3v) is 10.0. The molecule has 5 rings (SSSR count). The Morgan fingerprint density at radius 2 is 1.51 bits per heavy atom. The summed E-state index contributed by atoms with van der Waals surface area (Å²) in [5, 5.41) is 0. The average molecular weight is 575 g/mol. The Morgan fingerprint density at radius 3 is 2.10 bits per heavy atom. The largest absolute Gasteiger partial charge is 0.360 e. The Hall–Kier alpha value is -2.04. The van der Waals surface area contributed by atoms with Crippen LogP contribution in [0.5, 0.6) is 0 Å². The number of sulfone groups is 2. The second-order valence-corrected chi connectivity index (χ2v) is 15.0. The van der Waals surface area contributed by atoms with Crippen molar-refractivity contribution in [3.63, 3.8) is 0 Å². The lowest BCUT2D eigenvalue weighted by atomic mass is 9.89. The quantitative estimate of drug-likeness (QED) is 0.432. The summed E-state index contributed by atoms with van der Waals surface area (Å²) in [5.74, 6) is 0. The average Bonchev–Trinajstić information content (AvgIpc) is 3.64. The fourth-order valence-electron chi connectivity index (χ4n) is 5.60. The standard InChI is InChI=1S/C15H21NO3S.C15H21NO2S/c1-3-8-16-9-7-15(14(11-16)19-15)12-5-4-6-13(10-12)20(2,17)18;1-3-9-16-10-7-13(8-11-16)14-5-4-6-15(12-14)19(2,17)18/h4-6,10,14H,3,7-9,11H2,1-2H3;4-7,12H,3,8-11H2,1-2H3/t14-,15-;/m0./s1. The number of nitrogens with zero attached hydrogens (tertiary/aromatic N) is 2. The predicted molar refractivity (Wildman–Crippen MR) is 156 cm³/mol. The van der Waals surface area contributed by atoms with Gasteiger partial charge in [-0.25, -0.2) is 16.8 Å². The van der Waals surface area contributed by atoms with Crippen LogP contribution in [0.3, 0.4) is 0 Å². The topological polar surface area (TPSA) is 87.3 Å². The summed E-state index contributed by atoms with van der Waals surface area (Å²) in [6.45, 7) is 10.6. The van der Waals surface area contributed by atoms with E-state index >= 15 is 0 Å². The van der Waals surface area contributed by atoms with Gasteiger partial charge in [0.15, 0.2) is 19.7 Å². The molecule has 2 fully saturated rings. The molecule has 0 aliphatic carbocycles. The number of epoxide rings is 1. The second kappa shape index (κ2) is 12.2. The van der Waals surface area contributed by atoms with Crippen molar-refractivity contribution >= 4 is 25.2 Å². The summed E-state index contributed by atoms with van der Waals surface area (Å²) >= 11 is 0. The van der Waals surface area contributed by atoms with Gasteiger partial charge in [-0.05, 0) is 79.7 Å². The van der Waals surface area contributed by atoms with Crippen molar-refractivity contribution in [1.82, 2.24) is 9.80 Å². The molecule has 2 aromatic carbocycles. The molecular formula is C30H42N2O5S2. The van der Waals surface area contributed by atoms with Crippen LogP contribution in [0.1, 0.15) is 50.7 Å². The van der Waals surface area contributed by atoms with Gasteiger partial charge in [-0.1, -0.05) is 44.2 Å². The van der Waals surface area contributed by atoms with E-state index in [4.69, 9.17) is 4.74 Å². The van der Waals surface area contributed by atoms with E-state index in [1.54, 1.807) is 24.3 Å². The maximum Gasteiger partial charge on any atom is 0.175 e. The second-order valence-electron chi connectivity index (χ2n) is 10.9. The maximum absolute atomic E-state index is 11.7. The summed E-state index contributed by atoms with van der Waals surface area (Å²) < 4.78 is 52.5. The molecule has 0 radical (unpaired) electrons. The van der Waals surface area contributed by atoms with Crippen LogP contribution < -0.4 is 0 Å². The molecule has 39 heavy (non-hydrogen) atoms. The van der Waals surface area contributed by atoms with Crippen LogP contribution in [0.15, 0.2) is 64.4 Å². The minimum absolute atomic E-state index is 0.220. The molecule has 0 aromatic heterocycles. The Balaban J connectivity index is 0.000000181. The van der Waals surface area contributed by atoms with E-state index in [9.17, 15) is 16.8 Å². The van der Waals surface area contributed by atoms with Crippen LogP contribution in [0.4, 0.5) is 0 Å². The van der Waals surface area contributed by atoms with Crippen LogP contribution in [0, 0.1) is 0 Å². The van der Waals surface area contributed by atoms with Gasteiger partial charge in [0.25, 0.3) is 0 Å². The maximum atomic E-state index is 11.7. The van der Waals surface area contributed by atoms with Gasteiger partial charge in [0, 0.05) is 38.7 Å². The molecule has 2 aromatic rings. The van der Waals surface area contributed by atoms with Crippen LogP contribution >= 0.6 is 0 Å². The van der Waals surface area contributed by atoms with Crippen LogP contribution in [-0.2, 0) is 30.0 Å². The molecule has 2 atom stereocenters. The van der Waals surface area contributed by atoms with Crippen LogP contribution in [0.2, 0.25) is 0 Å². The van der Waals surface area contributed by atoms with Crippen molar-refractivity contribution in [3.05, 3.63) is 65.7 Å². The Bertz CT molecular complexity index is 1400. The molecule has 0 bridgehead atoms. The minimum Gasteiger partial charge on any atom is -0.360 e. The molecule has 0 N–H and O–H groups in total. The molecule has 3 aliphatic rings. The van der Waals surface area contributed by atoms with E-state index in [2.05, 4.69) is 29.7 Å². The van der Waals surface area contributed by atoms with E-state index in [0.29, 0.717) is 9.79 Å². The number of benzene rings is 2. The zero-order valence-electron chi connectivity index (χ0n) is 23.6. The predicted octanol–water partition coefficient (Wildman–Crippen LogP) is 4.39. The third kappa shape index (κ3) is 7.38. The zero-order chi connectivity index (χ0) is 28.3. The number of fused-ring (bicyclic) bond motifs is 1. The van der Waals surface area contributed by atoms with Crippen molar-refractivity contribution < 1.29 is 21.6 Å². The lowest BCUT2D eigenvalue weighted by Crippen LogP contribution is -2.38. The zero-order valence-corrected chi connectivity index (χ0v) is 25.2. The molecule has 0 unspecified atom stereocenters. The van der Waals surface area contributed by atoms with Gasteiger partial charge >= 0.3 is 0 Å². The van der Waals surface area contributed by atoms with Gasteiger partial charge in [0.05, 0.1) is 9.79 Å². The van der Waals surface area contributed by atoms with E-state index in [1.165, 1.54) is 24.5 Å². The van der Waals surface area contributed by atoms with Crippen molar-refractivity contribution in [2.24, 2.45) is 0 Å². The van der Waals surface area contributed by atoms with Gasteiger partial charge in [-0.2, -0.15) is 0 Å². The van der Waals surface area contributed by atoms with E-state index in [0.717, 1.165) is 69.7 Å². The SMILES string of the molecule is CCCN1CC=C(c2cccc(S(C)(=O)=O)c2)CC1.CCCN1CC[C@@]2(c3cccc(S(C)(=O)=O)c3)O[C@H]2C1. The number of piperidine rings is 1. The summed E-state index contributed by atoms with van der Waals surface area (Å²) in [6, 6.07) is 14.5. The molecule has 0 spiro atoms. The van der Waals surface area contributed by atoms with Crippen LogP contribution in [0.25, 0.3) is 5.57 Å². The highest BCUT2D eigenvalue weighted by Crippen LogP contribution is 2.52. The lowest BCUT2D eigenvalue weighted by Gasteiger charge is -2.28. The highest BCUT2D eigenvalue weighted by atomic mass is 32.2. The first-order chi connectivity index (χ1) is 18.5. The van der Waals surface area contributed by atoms with E-state index in [1.807, 2.05) is 24.3 Å². The number of rotatable bonds is 8. The first kappa shape index (κ1) is 29.9. The van der Waals surface area contributed by atoms with Crippen molar-refractivity contribution in [2.75, 3.05) is 51.8 Å². The van der Waals surface area contributed by atoms with Gasteiger partial charge in [0.1, 0.15) is 11.7 Å². The monoisotopic (exact) mass is 574 g/mol. The number of ether oxygens (including phenoxy) is 1. The van der Waals surface area contributed by atoms with Crippen molar-refractivity contribution in [1.29, 1.82) is 0 Å². The third-order valence-electron chi connectivity index (χ3n) is 7.80. The van der Waals surface area contributed by atoms with Gasteiger partial charge < -0.3 is 9.64 Å². The fraction of sp³-hybridized carbons (Fsp3) is 0.533. The Labute approximate surface area is 234 Å². The molecule has 3 aliphatic heterocycles. The van der Waals surface area contributed by atoms with Gasteiger partial charge in [0.2, 0.25) is 0 Å². The highest BCUT2D eigenvalue weighted by molar-refractivity contribution is 7.91. The van der Waals surface area contributed by atoms with E-state index < -0.39 is 19.7 Å². The van der Waals surface area contributed by atoms with Crippen molar-refractivity contribution in [2.45, 2.75) is 61.0 Å². The molecule has 9 heteroatoms. The summed E-state index contributed by atoms with van der Waals surface area (Å²) in [6.07, 6.45) is 9.22. The molecule has 214 valence electrons. The lowest BCUT2D eigenvalue weighted by molar-refractivity contribution is 0.225. The molecule has 0 amide bonds. The Morgan fingerprint density at radius 1 is 0.872 bits per heavy atom. The Kier molecular flexibility index (Phi) is 9.38. The molecule has 3 heterocycles. The van der Waals surface area contributed by atoms with Crippen LogP contribution in [-0.4, -0.2) is 84.5 Å². The first-order valence-electron chi connectivity index (χ1n) is 13.9. The summed E-state index contributed by atoms with van der Waals surface area (Å²) in [7, 11) is -6.28. The highest BCUT2D eigenvalue weighted by Gasteiger charge is 2.59. The minimum atomic E-state index is -3.16. The van der Waals surface area contributed by atoms with Crippen molar-refractivity contribution in [3.8, 4) is 0 Å². The first-order valence-corrected chi connectivity index (χ1v) is 17.7. The number of hydrogen-bond donors (Lipinski definition) is 0. The van der Waals surface area contributed by atoms with Gasteiger partial charge in [-0.15, -0.1) is 0 Å². The molecule has 7 nitrogen and oxygen atoms in total. The molecule has 2 saturated heterocycles. The summed E-state index contributed by atoms with van der Waals surface area (Å²) in [4.78, 5) is 5.64. The van der Waals surface area contributed by atoms with Gasteiger partial charge in [-0.3, -0.25) is 4.90 Å². The summed E-state index contributed by atoms with van der Waals surface area (Å²) in [5.41, 5.74) is 3.09. The fourth-order valence-corrected chi connectivity index (χ4v) is 6.93. The smallest absolute Gasteiger partial charge is 0.175 e. The molecular weight excluding hydrogens is 532 g/mol. The number of hydrogen-bond acceptors (Lipinski definition) is 7. The van der Waals surface area contributed by atoms with E-state index in [-0.39, 0.29) is 11.7 Å². The molecule has 0 saturated carbocycles.